The summed E-state index contributed by atoms with van der Waals surface area (Å²) in [6.07, 6.45) is 2.85. The first-order chi connectivity index (χ1) is 25.4. The molecule has 8 aromatic rings. The quantitative estimate of drug-likeness (QED) is 0.130. The Morgan fingerprint density at radius 3 is 1.72 bits per heavy atom. The number of phenolic OH excluding ortho intramolecular Hbond substituents is 1. The van der Waals surface area contributed by atoms with E-state index < -0.39 is 0 Å². The Balaban J connectivity index is 0.000000150. The van der Waals surface area contributed by atoms with Gasteiger partial charge in [-0.3, -0.25) is 4.68 Å². The van der Waals surface area contributed by atoms with E-state index in [4.69, 9.17) is 36.8 Å². The van der Waals surface area contributed by atoms with Crippen molar-refractivity contribution in [3.05, 3.63) is 93.7 Å². The second-order valence-corrected chi connectivity index (χ2v) is 12.8. The summed E-state index contributed by atoms with van der Waals surface area (Å²) in [5.41, 5.74) is 6.28. The van der Waals surface area contributed by atoms with Gasteiger partial charge in [0, 0.05) is 44.4 Å². The second-order valence-electron chi connectivity index (χ2n) is 11.5. The maximum atomic E-state index is 9.48. The van der Waals surface area contributed by atoms with Crippen LogP contribution in [0.5, 0.6) is 11.5 Å². The normalized spacial score (nSPS) is 11.0. The molecule has 8 rings (SSSR count). The number of ether oxygens (including phenoxy) is 1. The van der Waals surface area contributed by atoms with Gasteiger partial charge in [-0.1, -0.05) is 51.3 Å². The maximum absolute atomic E-state index is 9.48. The highest BCUT2D eigenvalue weighted by molar-refractivity contribution is 9.08. The Labute approximate surface area is 320 Å². The zero-order valence-electron chi connectivity index (χ0n) is 29.2. The summed E-state index contributed by atoms with van der Waals surface area (Å²) < 4.78 is 20.0. The molecule has 1 N–H and O–H groups in total. The topological polar surface area (TPSA) is 194 Å². The van der Waals surface area contributed by atoms with Crippen LogP contribution >= 0.6 is 39.1 Å². The minimum Gasteiger partial charge on any atom is -0.508 e. The number of hydrogen-bond donors (Lipinski definition) is 1. The molecule has 0 spiro atoms. The van der Waals surface area contributed by atoms with Crippen LogP contribution in [-0.4, -0.2) is 65.0 Å². The van der Waals surface area contributed by atoms with Gasteiger partial charge in [-0.25, -0.2) is 24.6 Å². The minimum absolute atomic E-state index is 0.234. The first-order valence-corrected chi connectivity index (χ1v) is 17.6. The number of hydrogen-bond acceptors (Lipinski definition) is 14. The number of rotatable bonds is 6. The van der Waals surface area contributed by atoms with E-state index in [0.29, 0.717) is 61.7 Å². The highest BCUT2D eigenvalue weighted by Gasteiger charge is 2.16. The molecule has 16 nitrogen and oxygen atoms in total. The van der Waals surface area contributed by atoms with Gasteiger partial charge in [0.15, 0.2) is 11.3 Å². The van der Waals surface area contributed by atoms with Gasteiger partial charge in [0.25, 0.3) is 0 Å². The van der Waals surface area contributed by atoms with Crippen molar-refractivity contribution in [2.45, 2.75) is 39.6 Å². The summed E-state index contributed by atoms with van der Waals surface area (Å²) in [6.45, 7) is 7.51. The Morgan fingerprint density at radius 2 is 1.21 bits per heavy atom. The van der Waals surface area contributed by atoms with Crippen molar-refractivity contribution in [2.24, 2.45) is 14.1 Å². The van der Waals surface area contributed by atoms with Crippen LogP contribution in [0.2, 0.25) is 10.3 Å². The standard InChI is InChI=1S/C17H15ClN6O2.C10H10N2O2.C7H6BrClN4/c1-9-4-5-11(17-22-21-10(2)26-17)6-13(9)25-7-12-14-15(18)19-8-20-16(14)24(3)23-12;1-6-3-4-8(5-9(6)13)10-12-11-7(2)14-10;1-13-7-5(4(2-8)12-13)6(9)10-3-11-7/h4-6,8H,7H2,1-3H3;3-5,13H,1-2H3;3H,2H2,1H3. The molecule has 0 saturated heterocycles. The van der Waals surface area contributed by atoms with Gasteiger partial charge in [0.05, 0.1) is 16.5 Å². The number of fused-ring (bicyclic) bond motifs is 2. The van der Waals surface area contributed by atoms with E-state index in [0.717, 1.165) is 39.0 Å². The van der Waals surface area contributed by atoms with Gasteiger partial charge >= 0.3 is 0 Å². The first kappa shape index (κ1) is 37.2. The molecule has 272 valence electrons. The van der Waals surface area contributed by atoms with E-state index in [-0.39, 0.29) is 12.4 Å². The molecule has 2 aromatic carbocycles. The number of phenols is 1. The molecule has 0 aliphatic carbocycles. The van der Waals surface area contributed by atoms with E-state index in [1.165, 1.54) is 12.7 Å². The zero-order valence-corrected chi connectivity index (χ0v) is 32.3. The predicted octanol–water partition coefficient (Wildman–Crippen LogP) is 7.23. The van der Waals surface area contributed by atoms with Crippen LogP contribution in [-0.2, 0) is 26.0 Å². The summed E-state index contributed by atoms with van der Waals surface area (Å²) in [7, 11) is 3.64. The van der Waals surface area contributed by atoms with E-state index >= 15 is 0 Å². The molecule has 0 aliphatic rings. The van der Waals surface area contributed by atoms with Crippen LogP contribution in [0.3, 0.4) is 0 Å². The SMILES string of the molecule is Cc1nnc(-c2ccc(C)c(O)c2)o1.Cc1nnc(-c2ccc(C)c(OCc3nn(C)c4ncnc(Cl)c34)c2)o1.Cn1nc(CBr)c2c(Cl)ncnc21. The van der Waals surface area contributed by atoms with Gasteiger partial charge in [0.2, 0.25) is 23.6 Å². The largest absolute Gasteiger partial charge is 0.508 e. The molecule has 0 bridgehead atoms. The summed E-state index contributed by atoms with van der Waals surface area (Å²) in [5, 5.41) is 36.6. The zero-order chi connectivity index (χ0) is 37.8. The maximum Gasteiger partial charge on any atom is 0.247 e. The molecular weight excluding hydrogens is 791 g/mol. The fourth-order valence-corrected chi connectivity index (χ4v) is 5.92. The number of aryl methyl sites for hydroxylation is 6. The van der Waals surface area contributed by atoms with Crippen molar-refractivity contribution < 1.29 is 18.7 Å². The smallest absolute Gasteiger partial charge is 0.247 e. The summed E-state index contributed by atoms with van der Waals surface area (Å²) in [5.74, 6) is 2.84. The number of alkyl halides is 1. The molecule has 0 saturated carbocycles. The lowest BCUT2D eigenvalue weighted by Crippen LogP contribution is -2.00. The van der Waals surface area contributed by atoms with Crippen molar-refractivity contribution >= 4 is 61.2 Å². The van der Waals surface area contributed by atoms with Crippen molar-refractivity contribution in [1.29, 1.82) is 0 Å². The van der Waals surface area contributed by atoms with E-state index in [9.17, 15) is 5.11 Å². The van der Waals surface area contributed by atoms with Gasteiger partial charge in [0.1, 0.15) is 46.8 Å². The monoisotopic (exact) mass is 820 g/mol. The van der Waals surface area contributed by atoms with E-state index in [2.05, 4.69) is 66.5 Å². The van der Waals surface area contributed by atoms with E-state index in [1.54, 1.807) is 36.3 Å². The van der Waals surface area contributed by atoms with Gasteiger partial charge in [-0.2, -0.15) is 10.2 Å². The summed E-state index contributed by atoms with van der Waals surface area (Å²) in [6, 6.07) is 11.0. The Bertz CT molecular complexity index is 2550. The number of benzene rings is 2. The van der Waals surface area contributed by atoms with Crippen LogP contribution in [0.25, 0.3) is 45.0 Å². The lowest BCUT2D eigenvalue weighted by molar-refractivity contribution is 0.299. The molecule has 0 unspecified atom stereocenters. The molecule has 53 heavy (non-hydrogen) atoms. The molecule has 6 heterocycles. The third kappa shape index (κ3) is 8.27. The van der Waals surface area contributed by atoms with Crippen LogP contribution in [0.15, 0.2) is 57.9 Å². The molecule has 0 radical (unpaired) electrons. The van der Waals surface area contributed by atoms with Crippen molar-refractivity contribution in [3.63, 3.8) is 0 Å². The molecule has 0 aliphatic heterocycles. The first-order valence-electron chi connectivity index (χ1n) is 15.8. The Hall–Kier alpha value is -5.52. The molecule has 0 amide bonds. The summed E-state index contributed by atoms with van der Waals surface area (Å²) >= 11 is 15.5. The minimum atomic E-state index is 0.234. The van der Waals surface area contributed by atoms with Crippen molar-refractivity contribution in [3.8, 4) is 34.4 Å². The number of aromatic hydroxyl groups is 1. The average molecular weight is 823 g/mol. The van der Waals surface area contributed by atoms with Crippen LogP contribution < -0.4 is 4.74 Å². The molecule has 0 fully saturated rings. The lowest BCUT2D eigenvalue weighted by atomic mass is 10.1. The molecular formula is C34H31BrCl2N12O4. The lowest BCUT2D eigenvalue weighted by Gasteiger charge is -2.09. The Kier molecular flexibility index (Phi) is 11.3. The highest BCUT2D eigenvalue weighted by atomic mass is 79.9. The highest BCUT2D eigenvalue weighted by Crippen LogP contribution is 2.29. The third-order valence-corrected chi connectivity index (χ3v) is 8.83. The number of halogens is 3. The average Bonchev–Trinajstić information content (AvgIpc) is 3.93. The second kappa shape index (κ2) is 16.0. The van der Waals surface area contributed by atoms with Gasteiger partial charge in [-0.15, -0.1) is 20.4 Å². The number of aromatic nitrogens is 12. The van der Waals surface area contributed by atoms with E-state index in [1.807, 2.05) is 51.2 Å². The van der Waals surface area contributed by atoms with Crippen LogP contribution in [0, 0.1) is 27.7 Å². The predicted molar refractivity (Wildman–Crippen MR) is 200 cm³/mol. The van der Waals surface area contributed by atoms with Crippen LogP contribution in [0.1, 0.15) is 34.3 Å². The van der Waals surface area contributed by atoms with Gasteiger partial charge in [-0.05, 0) is 49.2 Å². The third-order valence-electron chi connectivity index (χ3n) is 7.73. The fourth-order valence-electron chi connectivity index (χ4n) is 5.05. The Morgan fingerprint density at radius 1 is 0.698 bits per heavy atom. The van der Waals surface area contributed by atoms with Crippen molar-refractivity contribution in [1.82, 2.24) is 59.9 Å². The molecule has 19 heteroatoms. The molecule has 6 aromatic heterocycles. The van der Waals surface area contributed by atoms with Crippen LogP contribution in [0.4, 0.5) is 0 Å². The number of nitrogens with zero attached hydrogens (tertiary/aromatic N) is 12. The van der Waals surface area contributed by atoms with Crippen molar-refractivity contribution in [2.75, 3.05) is 0 Å². The fraction of sp³-hybridized carbons (Fsp3) is 0.235. The summed E-state index contributed by atoms with van der Waals surface area (Å²) in [4.78, 5) is 16.2. The van der Waals surface area contributed by atoms with Gasteiger partial charge < -0.3 is 18.7 Å². The molecule has 0 atom stereocenters.